The highest BCUT2D eigenvalue weighted by Crippen LogP contribution is 2.28. The molecule has 5 nitrogen and oxygen atoms in total. The molecule has 1 aliphatic rings. The fourth-order valence-corrected chi connectivity index (χ4v) is 4.79. The van der Waals surface area contributed by atoms with Crippen molar-refractivity contribution in [1.82, 2.24) is 4.31 Å². The number of hydrogen-bond donors (Lipinski definition) is 2. The second-order valence-corrected chi connectivity index (χ2v) is 7.51. The minimum absolute atomic E-state index is 0.108. The van der Waals surface area contributed by atoms with Crippen LogP contribution in [0.2, 0.25) is 0 Å². The Labute approximate surface area is 126 Å². The van der Waals surface area contributed by atoms with Gasteiger partial charge >= 0.3 is 0 Å². The van der Waals surface area contributed by atoms with Crippen LogP contribution in [0.15, 0.2) is 23.1 Å². The lowest BCUT2D eigenvalue weighted by atomic mass is 9.97. The first kappa shape index (κ1) is 16.3. The van der Waals surface area contributed by atoms with Crippen LogP contribution < -0.4 is 5.73 Å². The number of piperidine rings is 1. The number of nitrogens with two attached hydrogens (primary N) is 1. The summed E-state index contributed by atoms with van der Waals surface area (Å²) in [6.45, 7) is 3.08. The van der Waals surface area contributed by atoms with E-state index in [2.05, 4.69) is 0 Å². The quantitative estimate of drug-likeness (QED) is 0.809. The van der Waals surface area contributed by atoms with Crippen LogP contribution in [0.1, 0.15) is 31.7 Å². The molecule has 6 heteroatoms. The Morgan fingerprint density at radius 1 is 1.43 bits per heavy atom. The molecule has 0 saturated carbocycles. The zero-order chi connectivity index (χ0) is 15.5. The molecule has 3 N–H and O–H groups in total. The first-order valence-electron chi connectivity index (χ1n) is 7.48. The van der Waals surface area contributed by atoms with Gasteiger partial charge in [-0.2, -0.15) is 4.31 Å². The molecule has 1 aromatic rings. The smallest absolute Gasteiger partial charge is 0.243 e. The topological polar surface area (TPSA) is 83.6 Å². The number of nitrogens with zero attached hydrogens (tertiary/aromatic N) is 1. The molecule has 1 heterocycles. The van der Waals surface area contributed by atoms with Gasteiger partial charge in [0.2, 0.25) is 10.0 Å². The number of aliphatic hydroxyl groups excluding tert-OH is 1. The maximum Gasteiger partial charge on any atom is 0.243 e. The number of benzene rings is 1. The summed E-state index contributed by atoms with van der Waals surface area (Å²) < 4.78 is 27.3. The van der Waals surface area contributed by atoms with Crippen molar-refractivity contribution in [2.24, 2.45) is 5.92 Å². The zero-order valence-corrected chi connectivity index (χ0v) is 13.3. The normalized spacial score (nSPS) is 20.6. The third-order valence-electron chi connectivity index (χ3n) is 4.11. The van der Waals surface area contributed by atoms with E-state index in [-0.39, 0.29) is 12.5 Å². The molecule has 0 bridgehead atoms. The number of nitrogen functional groups attached to an aromatic ring is 1. The van der Waals surface area contributed by atoms with Crippen molar-refractivity contribution in [1.29, 1.82) is 0 Å². The molecule has 1 saturated heterocycles. The van der Waals surface area contributed by atoms with Crippen molar-refractivity contribution in [2.45, 2.75) is 37.5 Å². The summed E-state index contributed by atoms with van der Waals surface area (Å²) >= 11 is 0. The van der Waals surface area contributed by atoms with Gasteiger partial charge in [-0.05, 0) is 49.3 Å². The Morgan fingerprint density at radius 3 is 2.86 bits per heavy atom. The molecule has 1 fully saturated rings. The lowest BCUT2D eigenvalue weighted by Crippen LogP contribution is -2.40. The van der Waals surface area contributed by atoms with Gasteiger partial charge in [0.25, 0.3) is 0 Å². The van der Waals surface area contributed by atoms with Crippen LogP contribution >= 0.6 is 0 Å². The standard InChI is InChI=1S/C15H24N2O3S/c1-2-13-5-6-14(16)10-15(13)21(19,20)17-8-3-4-12(11-17)7-9-18/h5-6,10,12,18H,2-4,7-9,11,16H2,1H3. The molecule has 0 aliphatic carbocycles. The SMILES string of the molecule is CCc1ccc(N)cc1S(=O)(=O)N1CCCC(CCO)C1. The van der Waals surface area contributed by atoms with Gasteiger partial charge in [0.1, 0.15) is 0 Å². The lowest BCUT2D eigenvalue weighted by Gasteiger charge is -2.32. The third kappa shape index (κ3) is 3.56. The molecule has 0 radical (unpaired) electrons. The van der Waals surface area contributed by atoms with Crippen LogP contribution in [0, 0.1) is 5.92 Å². The van der Waals surface area contributed by atoms with E-state index < -0.39 is 10.0 Å². The summed E-state index contributed by atoms with van der Waals surface area (Å²) in [5.41, 5.74) is 7.03. The largest absolute Gasteiger partial charge is 0.399 e. The summed E-state index contributed by atoms with van der Waals surface area (Å²) in [5, 5.41) is 9.06. The fraction of sp³-hybridized carbons (Fsp3) is 0.600. The van der Waals surface area contributed by atoms with Gasteiger partial charge in [-0.15, -0.1) is 0 Å². The predicted octanol–water partition coefficient (Wildman–Crippen LogP) is 1.61. The molecule has 1 unspecified atom stereocenters. The van der Waals surface area contributed by atoms with Crippen molar-refractivity contribution in [3.63, 3.8) is 0 Å². The molecule has 0 aromatic heterocycles. The van der Waals surface area contributed by atoms with E-state index in [9.17, 15) is 8.42 Å². The number of sulfonamides is 1. The highest BCUT2D eigenvalue weighted by Gasteiger charge is 2.31. The molecule has 0 amide bonds. The Balaban J connectivity index is 2.31. The summed E-state index contributed by atoms with van der Waals surface area (Å²) in [5.74, 6) is 0.240. The monoisotopic (exact) mass is 312 g/mol. The van der Waals surface area contributed by atoms with Crippen molar-refractivity contribution < 1.29 is 13.5 Å². The van der Waals surface area contributed by atoms with E-state index in [1.807, 2.05) is 6.92 Å². The molecule has 2 rings (SSSR count). The van der Waals surface area contributed by atoms with Crippen LogP contribution in [0.3, 0.4) is 0 Å². The summed E-state index contributed by atoms with van der Waals surface area (Å²) in [7, 11) is -3.51. The maximum atomic E-state index is 12.9. The molecule has 118 valence electrons. The van der Waals surface area contributed by atoms with Gasteiger partial charge in [-0.3, -0.25) is 0 Å². The average Bonchev–Trinajstić information content (AvgIpc) is 2.48. The van der Waals surface area contributed by atoms with E-state index in [0.717, 1.165) is 18.4 Å². The van der Waals surface area contributed by atoms with Gasteiger partial charge in [0.05, 0.1) is 4.90 Å². The highest BCUT2D eigenvalue weighted by atomic mass is 32.2. The minimum Gasteiger partial charge on any atom is -0.399 e. The van der Waals surface area contributed by atoms with Crippen LogP contribution in [-0.4, -0.2) is 37.5 Å². The molecule has 21 heavy (non-hydrogen) atoms. The molecular formula is C15H24N2O3S. The number of anilines is 1. The Kier molecular flexibility index (Phi) is 5.24. The van der Waals surface area contributed by atoms with Crippen molar-refractivity contribution in [3.05, 3.63) is 23.8 Å². The number of aryl methyl sites for hydroxylation is 1. The van der Waals surface area contributed by atoms with Crippen molar-refractivity contribution in [2.75, 3.05) is 25.4 Å². The number of rotatable bonds is 5. The van der Waals surface area contributed by atoms with E-state index >= 15 is 0 Å². The third-order valence-corrected chi connectivity index (χ3v) is 6.06. The van der Waals surface area contributed by atoms with Gasteiger partial charge in [0.15, 0.2) is 0 Å². The summed E-state index contributed by atoms with van der Waals surface area (Å²) in [6, 6.07) is 5.09. The first-order chi connectivity index (χ1) is 9.98. The minimum atomic E-state index is -3.51. The Hall–Kier alpha value is -1.11. The second kappa shape index (κ2) is 6.77. The lowest BCUT2D eigenvalue weighted by molar-refractivity contribution is 0.203. The molecular weight excluding hydrogens is 288 g/mol. The van der Waals surface area contributed by atoms with E-state index in [1.165, 1.54) is 0 Å². The number of hydrogen-bond acceptors (Lipinski definition) is 4. The van der Waals surface area contributed by atoms with Gasteiger partial charge in [0, 0.05) is 25.4 Å². The highest BCUT2D eigenvalue weighted by molar-refractivity contribution is 7.89. The van der Waals surface area contributed by atoms with Crippen LogP contribution in [-0.2, 0) is 16.4 Å². The van der Waals surface area contributed by atoms with Gasteiger partial charge < -0.3 is 10.8 Å². The first-order valence-corrected chi connectivity index (χ1v) is 8.92. The Morgan fingerprint density at radius 2 is 2.19 bits per heavy atom. The average molecular weight is 312 g/mol. The van der Waals surface area contributed by atoms with Crippen molar-refractivity contribution >= 4 is 15.7 Å². The molecule has 1 aromatic carbocycles. The van der Waals surface area contributed by atoms with Gasteiger partial charge in [-0.1, -0.05) is 13.0 Å². The van der Waals surface area contributed by atoms with E-state index in [4.69, 9.17) is 10.8 Å². The van der Waals surface area contributed by atoms with Crippen LogP contribution in [0.5, 0.6) is 0 Å². The molecule has 1 aliphatic heterocycles. The molecule has 0 spiro atoms. The van der Waals surface area contributed by atoms with Gasteiger partial charge in [-0.25, -0.2) is 8.42 Å². The van der Waals surface area contributed by atoms with Crippen LogP contribution in [0.25, 0.3) is 0 Å². The summed E-state index contributed by atoms with van der Waals surface area (Å²) in [4.78, 5) is 0.328. The molecule has 1 atom stereocenters. The number of aliphatic hydroxyl groups is 1. The van der Waals surface area contributed by atoms with Crippen molar-refractivity contribution in [3.8, 4) is 0 Å². The summed E-state index contributed by atoms with van der Waals surface area (Å²) in [6.07, 6.45) is 3.13. The van der Waals surface area contributed by atoms with Crippen LogP contribution in [0.4, 0.5) is 5.69 Å². The Bertz CT molecular complexity index is 585. The predicted molar refractivity (Wildman–Crippen MR) is 83.4 cm³/mol. The maximum absolute atomic E-state index is 12.9. The zero-order valence-electron chi connectivity index (χ0n) is 12.5. The van der Waals surface area contributed by atoms with E-state index in [1.54, 1.807) is 22.5 Å². The van der Waals surface area contributed by atoms with E-state index in [0.29, 0.717) is 36.5 Å². The fourth-order valence-electron chi connectivity index (χ4n) is 2.91. The second-order valence-electron chi connectivity index (χ2n) is 5.60.